The molecule has 32 heavy (non-hydrogen) atoms. The first-order chi connectivity index (χ1) is 15.0. The Labute approximate surface area is 188 Å². The van der Waals surface area contributed by atoms with E-state index in [1.54, 1.807) is 14.0 Å². The SMILES string of the molecule is CC[C@H](NC(=O)[C@@H](CC)N(c1cccc([N+](=O)[O-])c1)S(C)(=O)=O)c1ccc(OC)c(C)c1. The second-order valence-electron chi connectivity index (χ2n) is 7.46. The molecular weight excluding hydrogens is 434 g/mol. The lowest BCUT2D eigenvalue weighted by Crippen LogP contribution is -2.50. The summed E-state index contributed by atoms with van der Waals surface area (Å²) in [5.74, 6) is 0.250. The van der Waals surface area contributed by atoms with Gasteiger partial charge in [0, 0.05) is 12.1 Å². The molecule has 2 atom stereocenters. The third kappa shape index (κ3) is 5.76. The minimum atomic E-state index is -3.91. The van der Waals surface area contributed by atoms with Crippen LogP contribution in [0, 0.1) is 17.0 Å². The van der Waals surface area contributed by atoms with E-state index in [4.69, 9.17) is 4.74 Å². The molecule has 10 heteroatoms. The van der Waals surface area contributed by atoms with Gasteiger partial charge in [-0.3, -0.25) is 19.2 Å². The third-order valence-electron chi connectivity index (χ3n) is 5.17. The van der Waals surface area contributed by atoms with Crippen molar-refractivity contribution in [2.75, 3.05) is 17.7 Å². The molecule has 1 N–H and O–H groups in total. The second-order valence-corrected chi connectivity index (χ2v) is 9.32. The Bertz CT molecular complexity index is 1090. The fourth-order valence-corrected chi connectivity index (χ4v) is 4.81. The highest BCUT2D eigenvalue weighted by atomic mass is 32.2. The standard InChI is InChI=1S/C22H29N3O6S/c1-6-19(16-11-12-21(31-4)15(3)13-16)23-22(26)20(7-2)24(32(5,29)30)17-9-8-10-18(14-17)25(27)28/h8-14,19-20H,6-7H2,1-5H3,(H,23,26)/t19-,20+/m0/s1. The van der Waals surface area contributed by atoms with Crippen molar-refractivity contribution in [3.8, 4) is 5.75 Å². The van der Waals surface area contributed by atoms with E-state index < -0.39 is 26.9 Å². The van der Waals surface area contributed by atoms with Crippen LogP contribution in [0.25, 0.3) is 0 Å². The minimum Gasteiger partial charge on any atom is -0.496 e. The number of methoxy groups -OCH3 is 1. The van der Waals surface area contributed by atoms with Crippen LogP contribution < -0.4 is 14.4 Å². The number of sulfonamides is 1. The van der Waals surface area contributed by atoms with Crippen molar-refractivity contribution in [1.29, 1.82) is 0 Å². The van der Waals surface area contributed by atoms with Gasteiger partial charge < -0.3 is 10.1 Å². The molecule has 0 saturated carbocycles. The van der Waals surface area contributed by atoms with Gasteiger partial charge in [-0.1, -0.05) is 32.0 Å². The smallest absolute Gasteiger partial charge is 0.271 e. The molecule has 0 radical (unpaired) electrons. The number of nitrogens with zero attached hydrogens (tertiary/aromatic N) is 2. The predicted molar refractivity (Wildman–Crippen MR) is 123 cm³/mol. The van der Waals surface area contributed by atoms with Crippen LogP contribution in [-0.2, 0) is 14.8 Å². The maximum Gasteiger partial charge on any atom is 0.271 e. The summed E-state index contributed by atoms with van der Waals surface area (Å²) in [6.45, 7) is 5.51. The molecule has 0 bridgehead atoms. The number of nitro groups is 1. The molecule has 0 saturated heterocycles. The molecule has 1 amide bonds. The number of non-ortho nitro benzene ring substituents is 1. The van der Waals surface area contributed by atoms with Crippen LogP contribution in [0.5, 0.6) is 5.75 Å². The molecule has 0 heterocycles. The minimum absolute atomic E-state index is 0.0667. The van der Waals surface area contributed by atoms with Gasteiger partial charge in [0.15, 0.2) is 0 Å². The number of carbonyl (C=O) groups excluding carboxylic acids is 1. The lowest BCUT2D eigenvalue weighted by Gasteiger charge is -2.31. The molecule has 0 aromatic heterocycles. The summed E-state index contributed by atoms with van der Waals surface area (Å²) in [5.41, 5.74) is 1.60. The highest BCUT2D eigenvalue weighted by Crippen LogP contribution is 2.28. The lowest BCUT2D eigenvalue weighted by molar-refractivity contribution is -0.384. The molecule has 174 valence electrons. The van der Waals surface area contributed by atoms with Gasteiger partial charge in [0.2, 0.25) is 15.9 Å². The van der Waals surface area contributed by atoms with Crippen LogP contribution in [-0.4, -0.2) is 38.7 Å². The molecule has 2 aromatic rings. The number of ether oxygens (including phenoxy) is 1. The van der Waals surface area contributed by atoms with E-state index in [-0.39, 0.29) is 23.8 Å². The van der Waals surface area contributed by atoms with Crippen molar-refractivity contribution in [2.45, 2.75) is 45.7 Å². The Balaban J connectivity index is 2.40. The normalized spacial score (nSPS) is 13.2. The highest BCUT2D eigenvalue weighted by Gasteiger charge is 2.33. The van der Waals surface area contributed by atoms with Gasteiger partial charge in [0.05, 0.1) is 30.0 Å². The average Bonchev–Trinajstić information content (AvgIpc) is 2.74. The Morgan fingerprint density at radius 1 is 1.19 bits per heavy atom. The summed E-state index contributed by atoms with van der Waals surface area (Å²) >= 11 is 0. The van der Waals surface area contributed by atoms with Gasteiger partial charge in [0.1, 0.15) is 11.8 Å². The Kier molecular flexibility index (Phi) is 8.20. The monoisotopic (exact) mass is 463 g/mol. The molecule has 0 aliphatic heterocycles. The molecule has 2 aromatic carbocycles. The maximum atomic E-state index is 13.2. The number of rotatable bonds is 10. The molecule has 2 rings (SSSR count). The van der Waals surface area contributed by atoms with Gasteiger partial charge in [0.25, 0.3) is 5.69 Å². The fourth-order valence-electron chi connectivity index (χ4n) is 3.61. The van der Waals surface area contributed by atoms with Crippen LogP contribution in [0.1, 0.15) is 43.9 Å². The van der Waals surface area contributed by atoms with Crippen molar-refractivity contribution in [2.24, 2.45) is 0 Å². The maximum absolute atomic E-state index is 13.2. The molecule has 0 aliphatic carbocycles. The van der Waals surface area contributed by atoms with Crippen molar-refractivity contribution in [3.05, 3.63) is 63.7 Å². The summed E-state index contributed by atoms with van der Waals surface area (Å²) in [6.07, 6.45) is 1.75. The summed E-state index contributed by atoms with van der Waals surface area (Å²) < 4.78 is 31.5. The molecular formula is C22H29N3O6S. The number of aryl methyl sites for hydroxylation is 1. The Hall–Kier alpha value is -3.14. The van der Waals surface area contributed by atoms with Crippen LogP contribution >= 0.6 is 0 Å². The number of nitro benzene ring substituents is 1. The number of amides is 1. The van der Waals surface area contributed by atoms with E-state index >= 15 is 0 Å². The first-order valence-corrected chi connectivity index (χ1v) is 12.1. The summed E-state index contributed by atoms with van der Waals surface area (Å²) in [4.78, 5) is 23.8. The summed E-state index contributed by atoms with van der Waals surface area (Å²) in [6, 6.07) is 9.44. The lowest BCUT2D eigenvalue weighted by atomic mass is 10.0. The largest absolute Gasteiger partial charge is 0.496 e. The molecule has 0 fully saturated rings. The number of carbonyl (C=O) groups is 1. The van der Waals surface area contributed by atoms with E-state index in [0.717, 1.165) is 33.5 Å². The van der Waals surface area contributed by atoms with Gasteiger partial charge >= 0.3 is 0 Å². The zero-order chi connectivity index (χ0) is 24.1. The van der Waals surface area contributed by atoms with E-state index in [2.05, 4.69) is 5.32 Å². The molecule has 0 aliphatic rings. The van der Waals surface area contributed by atoms with Crippen molar-refractivity contribution >= 4 is 27.3 Å². The highest BCUT2D eigenvalue weighted by molar-refractivity contribution is 7.92. The zero-order valence-electron chi connectivity index (χ0n) is 18.9. The Morgan fingerprint density at radius 3 is 2.38 bits per heavy atom. The second kappa shape index (κ2) is 10.4. The predicted octanol–water partition coefficient (Wildman–Crippen LogP) is 3.72. The first-order valence-electron chi connectivity index (χ1n) is 10.2. The van der Waals surface area contributed by atoms with Gasteiger partial charge in [-0.25, -0.2) is 8.42 Å². The van der Waals surface area contributed by atoms with Crippen LogP contribution in [0.3, 0.4) is 0 Å². The van der Waals surface area contributed by atoms with E-state index in [9.17, 15) is 23.3 Å². The van der Waals surface area contributed by atoms with E-state index in [0.29, 0.717) is 6.42 Å². The number of nitrogens with one attached hydrogen (secondary N) is 1. The quantitative estimate of drug-likeness (QED) is 0.424. The van der Waals surface area contributed by atoms with Gasteiger partial charge in [-0.05, 0) is 43.0 Å². The first kappa shape index (κ1) is 25.1. The van der Waals surface area contributed by atoms with Crippen molar-refractivity contribution in [1.82, 2.24) is 5.32 Å². The third-order valence-corrected chi connectivity index (χ3v) is 6.35. The summed E-state index contributed by atoms with van der Waals surface area (Å²) in [7, 11) is -2.32. The van der Waals surface area contributed by atoms with Crippen molar-refractivity contribution < 1.29 is 22.9 Å². The number of hydrogen-bond donors (Lipinski definition) is 1. The van der Waals surface area contributed by atoms with Gasteiger partial charge in [-0.2, -0.15) is 0 Å². The van der Waals surface area contributed by atoms with Crippen LogP contribution in [0.15, 0.2) is 42.5 Å². The molecule has 0 unspecified atom stereocenters. The summed E-state index contributed by atoms with van der Waals surface area (Å²) in [5, 5.41) is 14.1. The van der Waals surface area contributed by atoms with Crippen molar-refractivity contribution in [3.63, 3.8) is 0 Å². The molecule has 0 spiro atoms. The molecule has 9 nitrogen and oxygen atoms in total. The number of anilines is 1. The number of hydrogen-bond acceptors (Lipinski definition) is 6. The fraction of sp³-hybridized carbons (Fsp3) is 0.409. The number of benzene rings is 2. The zero-order valence-corrected chi connectivity index (χ0v) is 19.7. The van der Waals surface area contributed by atoms with Crippen LogP contribution in [0.4, 0.5) is 11.4 Å². The average molecular weight is 464 g/mol. The van der Waals surface area contributed by atoms with Crippen LogP contribution in [0.2, 0.25) is 0 Å². The van der Waals surface area contributed by atoms with E-state index in [1.165, 1.54) is 18.2 Å². The van der Waals surface area contributed by atoms with Gasteiger partial charge in [-0.15, -0.1) is 0 Å². The topological polar surface area (TPSA) is 119 Å². The Morgan fingerprint density at radius 2 is 1.88 bits per heavy atom. The van der Waals surface area contributed by atoms with E-state index in [1.807, 2.05) is 32.0 Å².